The number of amides is 1. The van der Waals surface area contributed by atoms with E-state index >= 15 is 0 Å². The molecule has 2 saturated carbocycles. The van der Waals surface area contributed by atoms with E-state index in [2.05, 4.69) is 4.90 Å². The van der Waals surface area contributed by atoms with Gasteiger partial charge in [0.2, 0.25) is 5.91 Å². The smallest absolute Gasteiger partial charge is 0.308 e. The normalized spacial score (nSPS) is 28.1. The SMILES string of the molecule is CCN(C(=O)CCCCC(=O)c1ccccc1)[C@H]1CC[C@H]2[C@H]3Cc4c(O)cc(OC(C)=O)c5c4[C@@]2(CCN3CC2CC2)[C@H]1O5. The number of ketones is 1. The van der Waals surface area contributed by atoms with Crippen molar-refractivity contribution < 1.29 is 29.0 Å². The van der Waals surface area contributed by atoms with Gasteiger partial charge >= 0.3 is 5.97 Å². The molecule has 8 nitrogen and oxygen atoms in total. The lowest BCUT2D eigenvalue weighted by Crippen LogP contribution is -2.69. The molecule has 1 saturated heterocycles. The number of ether oxygens (including phenoxy) is 2. The standard InChI is InChI=1S/C36H44N2O6/c1-3-38(32(42)12-8-7-11-29(40)24-9-5-4-6-10-24)27-16-15-26-28-19-25-30(41)20-31(43-22(2)39)34-33(25)36(26,35(27)44-34)17-18-37(28)21-23-13-14-23/h4-6,9-10,20,23,26-28,35,41H,3,7-8,11-19,21H2,1-2H3/t26-,27-,28+,35-,36-/m0/s1. The lowest BCUT2D eigenvalue weighted by atomic mass is 9.50. The number of likely N-dealkylation sites (tertiary alicyclic amines) is 1. The van der Waals surface area contributed by atoms with Crippen molar-refractivity contribution in [3.8, 4) is 17.2 Å². The largest absolute Gasteiger partial charge is 0.508 e. The van der Waals surface area contributed by atoms with Crippen molar-refractivity contribution in [2.45, 2.75) is 102 Å². The van der Waals surface area contributed by atoms with Crippen molar-refractivity contribution in [3.63, 3.8) is 0 Å². The number of piperidine rings is 1. The van der Waals surface area contributed by atoms with Crippen LogP contribution in [0.15, 0.2) is 36.4 Å². The van der Waals surface area contributed by atoms with E-state index in [1.165, 1.54) is 19.8 Å². The Bertz CT molecular complexity index is 1450. The third-order valence-electron chi connectivity index (χ3n) is 11.1. The minimum Gasteiger partial charge on any atom is -0.508 e. The van der Waals surface area contributed by atoms with Crippen LogP contribution in [0.5, 0.6) is 17.2 Å². The maximum absolute atomic E-state index is 13.8. The van der Waals surface area contributed by atoms with Crippen molar-refractivity contribution in [3.05, 3.63) is 53.1 Å². The summed E-state index contributed by atoms with van der Waals surface area (Å²) in [6.45, 7) is 6.07. The number of Topliss-reactive ketones (excluding diaryl/α,β-unsaturated/α-hetero) is 1. The molecule has 5 atom stereocenters. The van der Waals surface area contributed by atoms with Crippen molar-refractivity contribution >= 4 is 17.7 Å². The van der Waals surface area contributed by atoms with Gasteiger partial charge in [0.15, 0.2) is 17.3 Å². The monoisotopic (exact) mass is 600 g/mol. The highest BCUT2D eigenvalue weighted by atomic mass is 16.6. The predicted octanol–water partition coefficient (Wildman–Crippen LogP) is 5.43. The van der Waals surface area contributed by atoms with Gasteiger partial charge in [-0.25, -0.2) is 0 Å². The molecule has 2 aliphatic heterocycles. The summed E-state index contributed by atoms with van der Waals surface area (Å²) in [5, 5.41) is 11.3. The van der Waals surface area contributed by atoms with E-state index < -0.39 is 5.97 Å². The van der Waals surface area contributed by atoms with E-state index in [1.807, 2.05) is 42.2 Å². The van der Waals surface area contributed by atoms with Crippen LogP contribution < -0.4 is 9.47 Å². The van der Waals surface area contributed by atoms with Gasteiger partial charge in [-0.15, -0.1) is 0 Å². The number of nitrogens with zero attached hydrogens (tertiary/aromatic N) is 2. The topological polar surface area (TPSA) is 96.4 Å². The third-order valence-corrected chi connectivity index (χ3v) is 11.1. The zero-order chi connectivity index (χ0) is 30.6. The van der Waals surface area contributed by atoms with Crippen LogP contribution >= 0.6 is 0 Å². The summed E-state index contributed by atoms with van der Waals surface area (Å²) < 4.78 is 12.5. The molecule has 1 amide bonds. The Morgan fingerprint density at radius 3 is 2.59 bits per heavy atom. The van der Waals surface area contributed by atoms with Crippen molar-refractivity contribution in [1.82, 2.24) is 9.80 Å². The fourth-order valence-electron chi connectivity index (χ4n) is 9.13. The fourth-order valence-corrected chi connectivity index (χ4v) is 9.13. The molecule has 2 bridgehead atoms. The average molecular weight is 601 g/mol. The summed E-state index contributed by atoms with van der Waals surface area (Å²) in [5.74, 6) is 1.95. The van der Waals surface area contributed by atoms with Gasteiger partial charge in [0.1, 0.15) is 11.9 Å². The van der Waals surface area contributed by atoms with Gasteiger partial charge < -0.3 is 19.5 Å². The van der Waals surface area contributed by atoms with Gasteiger partial charge in [-0.05, 0) is 76.7 Å². The Kier molecular flexibility index (Phi) is 7.68. The number of carbonyl (C=O) groups excluding carboxylic acids is 3. The highest BCUT2D eigenvalue weighted by molar-refractivity contribution is 5.96. The molecule has 2 heterocycles. The minimum absolute atomic E-state index is 0.0980. The highest BCUT2D eigenvalue weighted by Crippen LogP contribution is 2.66. The maximum Gasteiger partial charge on any atom is 0.308 e. The van der Waals surface area contributed by atoms with E-state index in [4.69, 9.17) is 9.47 Å². The van der Waals surface area contributed by atoms with Crippen molar-refractivity contribution in [1.29, 1.82) is 0 Å². The van der Waals surface area contributed by atoms with Crippen molar-refractivity contribution in [2.24, 2.45) is 11.8 Å². The van der Waals surface area contributed by atoms with Crippen LogP contribution in [0.4, 0.5) is 0 Å². The zero-order valence-electron chi connectivity index (χ0n) is 25.9. The lowest BCUT2D eigenvalue weighted by Gasteiger charge is -2.60. The Morgan fingerprint density at radius 1 is 1.09 bits per heavy atom. The van der Waals surface area contributed by atoms with Crippen LogP contribution in [0.2, 0.25) is 0 Å². The predicted molar refractivity (Wildman–Crippen MR) is 165 cm³/mol. The number of phenols is 1. The number of unbranched alkanes of at least 4 members (excludes halogenated alkanes) is 1. The molecule has 2 aromatic rings. The number of carbonyl (C=O) groups is 3. The summed E-state index contributed by atoms with van der Waals surface area (Å²) in [4.78, 5) is 43.1. The Labute approximate surface area is 259 Å². The first-order chi connectivity index (χ1) is 21.3. The zero-order valence-corrected chi connectivity index (χ0v) is 25.9. The second-order valence-electron chi connectivity index (χ2n) is 13.6. The van der Waals surface area contributed by atoms with Crippen LogP contribution in [0, 0.1) is 11.8 Å². The van der Waals surface area contributed by atoms with Gasteiger partial charge in [0.25, 0.3) is 0 Å². The van der Waals surface area contributed by atoms with Gasteiger partial charge in [-0.3, -0.25) is 19.3 Å². The maximum atomic E-state index is 13.8. The molecular weight excluding hydrogens is 556 g/mol. The number of aromatic hydroxyl groups is 1. The summed E-state index contributed by atoms with van der Waals surface area (Å²) in [6, 6.07) is 11.1. The number of benzene rings is 2. The Balaban J connectivity index is 1.14. The number of likely N-dealkylation sites (N-methyl/N-ethyl adjacent to an activating group) is 1. The second-order valence-corrected chi connectivity index (χ2v) is 13.6. The summed E-state index contributed by atoms with van der Waals surface area (Å²) >= 11 is 0. The minimum atomic E-state index is -0.450. The number of hydrogen-bond acceptors (Lipinski definition) is 7. The Morgan fingerprint density at radius 2 is 1.86 bits per heavy atom. The first-order valence-electron chi connectivity index (χ1n) is 16.7. The first-order valence-corrected chi connectivity index (χ1v) is 16.7. The van der Waals surface area contributed by atoms with Crippen LogP contribution in [0.25, 0.3) is 0 Å². The van der Waals surface area contributed by atoms with E-state index in [0.717, 1.165) is 61.4 Å². The van der Waals surface area contributed by atoms with Gasteiger partial charge in [-0.2, -0.15) is 0 Å². The number of phenolic OH excluding ortho intramolecular Hbond substituents is 1. The summed E-state index contributed by atoms with van der Waals surface area (Å²) in [7, 11) is 0. The quantitative estimate of drug-likeness (QED) is 0.159. The molecule has 44 heavy (non-hydrogen) atoms. The Hall–Kier alpha value is -3.39. The van der Waals surface area contributed by atoms with E-state index in [-0.39, 0.29) is 40.8 Å². The van der Waals surface area contributed by atoms with E-state index in [1.54, 1.807) is 6.07 Å². The third kappa shape index (κ3) is 4.90. The summed E-state index contributed by atoms with van der Waals surface area (Å²) in [6.07, 6.45) is 8.02. The van der Waals surface area contributed by atoms with Gasteiger partial charge in [0.05, 0.1) is 6.04 Å². The molecule has 3 aliphatic carbocycles. The first kappa shape index (κ1) is 29.3. The second kappa shape index (κ2) is 11.5. The molecule has 3 fully saturated rings. The van der Waals surface area contributed by atoms with Crippen LogP contribution in [-0.4, -0.2) is 70.4 Å². The van der Waals surface area contributed by atoms with E-state index in [9.17, 15) is 19.5 Å². The van der Waals surface area contributed by atoms with Crippen LogP contribution in [-0.2, 0) is 21.4 Å². The molecule has 0 unspecified atom stereocenters. The fraction of sp³-hybridized carbons (Fsp3) is 0.583. The van der Waals surface area contributed by atoms with Gasteiger partial charge in [-0.1, -0.05) is 30.3 Å². The average Bonchev–Trinajstić information content (AvgIpc) is 3.77. The lowest BCUT2D eigenvalue weighted by molar-refractivity contribution is -0.142. The molecular formula is C36H44N2O6. The molecule has 2 aromatic carbocycles. The van der Waals surface area contributed by atoms with Crippen LogP contribution in [0.1, 0.15) is 93.1 Å². The molecule has 5 aliphatic rings. The molecule has 8 heteroatoms. The summed E-state index contributed by atoms with van der Waals surface area (Å²) in [5.41, 5.74) is 2.34. The molecule has 0 radical (unpaired) electrons. The molecule has 1 spiro atoms. The number of esters is 1. The number of rotatable bonds is 11. The van der Waals surface area contributed by atoms with Crippen molar-refractivity contribution in [2.75, 3.05) is 19.6 Å². The number of hydrogen-bond donors (Lipinski definition) is 1. The molecule has 1 N–H and O–H groups in total. The molecule has 7 rings (SSSR count). The molecule has 234 valence electrons. The molecule has 0 aromatic heterocycles. The van der Waals surface area contributed by atoms with Crippen LogP contribution in [0.3, 0.4) is 0 Å². The van der Waals surface area contributed by atoms with E-state index in [0.29, 0.717) is 49.9 Å². The van der Waals surface area contributed by atoms with Gasteiger partial charge in [0, 0.05) is 67.1 Å². The highest BCUT2D eigenvalue weighted by Gasteiger charge is 2.67.